The Hall–Kier alpha value is -2.18. The molecule has 0 radical (unpaired) electrons. The second-order valence-corrected chi connectivity index (χ2v) is 5.08. The molecule has 0 aromatic heterocycles. The lowest BCUT2D eigenvalue weighted by Gasteiger charge is -2.12. The van der Waals surface area contributed by atoms with Crippen LogP contribution in [0.1, 0.15) is 16.7 Å². The van der Waals surface area contributed by atoms with Crippen LogP contribution in [-0.2, 0) is 0 Å². The van der Waals surface area contributed by atoms with Gasteiger partial charge in [-0.15, -0.1) is 0 Å². The third kappa shape index (κ3) is 3.90. The lowest BCUT2D eigenvalue weighted by atomic mass is 10.1. The van der Waals surface area contributed by atoms with Crippen molar-refractivity contribution < 1.29 is 9.47 Å². The molecule has 0 atom stereocenters. The number of benzene rings is 2. The van der Waals surface area contributed by atoms with E-state index in [0.717, 1.165) is 11.3 Å². The van der Waals surface area contributed by atoms with Crippen LogP contribution in [0.4, 0.5) is 0 Å². The molecule has 2 aromatic carbocycles. The molecular weight excluding hydrogens is 286 g/mol. The topological polar surface area (TPSA) is 42.2 Å². The van der Waals surface area contributed by atoms with Crippen molar-refractivity contribution in [3.05, 3.63) is 58.1 Å². The van der Waals surface area contributed by atoms with E-state index in [1.54, 1.807) is 18.2 Å². The van der Waals surface area contributed by atoms with E-state index < -0.39 is 0 Å². The Labute approximate surface area is 129 Å². The van der Waals surface area contributed by atoms with Gasteiger partial charge in [-0.2, -0.15) is 5.26 Å². The molecule has 2 aromatic rings. The highest BCUT2D eigenvalue weighted by molar-refractivity contribution is 6.30. The first-order valence-corrected chi connectivity index (χ1v) is 7.01. The van der Waals surface area contributed by atoms with Crippen LogP contribution in [0.5, 0.6) is 11.5 Å². The number of halogens is 1. The first kappa shape index (κ1) is 15.2. The number of hydrogen-bond donors (Lipinski definition) is 0. The Kier molecular flexibility index (Phi) is 5.08. The molecule has 0 fully saturated rings. The monoisotopic (exact) mass is 301 g/mol. The number of aryl methyl sites for hydroxylation is 1. The summed E-state index contributed by atoms with van der Waals surface area (Å²) in [7, 11) is 0. The highest BCUT2D eigenvalue weighted by Gasteiger charge is 2.05. The molecule has 0 spiro atoms. The Morgan fingerprint density at radius 2 is 1.76 bits per heavy atom. The van der Waals surface area contributed by atoms with Gasteiger partial charge in [-0.1, -0.05) is 23.7 Å². The normalized spacial score (nSPS) is 10.0. The molecule has 0 heterocycles. The molecule has 0 N–H and O–H groups in total. The van der Waals surface area contributed by atoms with Crippen LogP contribution in [0.15, 0.2) is 36.4 Å². The van der Waals surface area contributed by atoms with Gasteiger partial charge in [0.15, 0.2) is 0 Å². The van der Waals surface area contributed by atoms with Crippen LogP contribution >= 0.6 is 11.6 Å². The van der Waals surface area contributed by atoms with Crippen molar-refractivity contribution in [2.45, 2.75) is 13.8 Å². The molecule has 0 unspecified atom stereocenters. The van der Waals surface area contributed by atoms with E-state index in [4.69, 9.17) is 26.3 Å². The summed E-state index contributed by atoms with van der Waals surface area (Å²) in [5.41, 5.74) is 2.74. The van der Waals surface area contributed by atoms with Crippen molar-refractivity contribution in [1.29, 1.82) is 5.26 Å². The van der Waals surface area contributed by atoms with Crippen LogP contribution in [0.25, 0.3) is 0 Å². The Morgan fingerprint density at radius 3 is 2.48 bits per heavy atom. The van der Waals surface area contributed by atoms with Gasteiger partial charge in [0, 0.05) is 5.02 Å². The Balaban J connectivity index is 1.91. The number of rotatable bonds is 5. The SMILES string of the molecule is Cc1cccc(OCCOc2ccc(Cl)cc2C#N)c1C. The standard InChI is InChI=1S/C17H16ClNO2/c1-12-4-3-5-16(13(12)2)20-8-9-21-17-7-6-15(18)10-14(17)11-19/h3-7,10H,8-9H2,1-2H3. The number of nitriles is 1. The maximum Gasteiger partial charge on any atom is 0.137 e. The summed E-state index contributed by atoms with van der Waals surface area (Å²) in [6, 6.07) is 13.0. The van der Waals surface area contributed by atoms with Gasteiger partial charge in [0.1, 0.15) is 30.8 Å². The fourth-order valence-corrected chi connectivity index (χ4v) is 2.07. The van der Waals surface area contributed by atoms with E-state index in [1.165, 1.54) is 5.56 Å². The fourth-order valence-electron chi connectivity index (χ4n) is 1.90. The lowest BCUT2D eigenvalue weighted by molar-refractivity contribution is 0.216. The first-order chi connectivity index (χ1) is 10.1. The van der Waals surface area contributed by atoms with Crippen LogP contribution in [0.3, 0.4) is 0 Å². The minimum absolute atomic E-state index is 0.365. The van der Waals surface area contributed by atoms with Gasteiger partial charge in [0.25, 0.3) is 0 Å². The van der Waals surface area contributed by atoms with Crippen LogP contribution < -0.4 is 9.47 Å². The summed E-state index contributed by atoms with van der Waals surface area (Å²) >= 11 is 5.84. The summed E-state index contributed by atoms with van der Waals surface area (Å²) < 4.78 is 11.3. The maximum atomic E-state index is 9.02. The molecule has 3 nitrogen and oxygen atoms in total. The minimum Gasteiger partial charge on any atom is -0.490 e. The van der Waals surface area contributed by atoms with Gasteiger partial charge in [-0.3, -0.25) is 0 Å². The van der Waals surface area contributed by atoms with Crippen molar-refractivity contribution in [3.63, 3.8) is 0 Å². The van der Waals surface area contributed by atoms with Gasteiger partial charge >= 0.3 is 0 Å². The summed E-state index contributed by atoms with van der Waals surface area (Å²) in [5, 5.41) is 9.54. The van der Waals surface area contributed by atoms with E-state index in [2.05, 4.69) is 6.07 Å². The molecule has 0 saturated carbocycles. The van der Waals surface area contributed by atoms with Crippen molar-refractivity contribution in [2.24, 2.45) is 0 Å². The molecular formula is C17H16ClNO2. The average Bonchev–Trinajstić information content (AvgIpc) is 2.48. The smallest absolute Gasteiger partial charge is 0.137 e. The zero-order valence-electron chi connectivity index (χ0n) is 12.0. The Bertz CT molecular complexity index is 677. The van der Waals surface area contributed by atoms with Crippen molar-refractivity contribution >= 4 is 11.6 Å². The quantitative estimate of drug-likeness (QED) is 0.774. The van der Waals surface area contributed by atoms with Gasteiger partial charge in [-0.05, 0) is 49.2 Å². The number of nitrogens with zero attached hydrogens (tertiary/aromatic N) is 1. The predicted octanol–water partition coefficient (Wildman–Crippen LogP) is 4.29. The number of ether oxygens (including phenoxy) is 2. The number of hydrogen-bond acceptors (Lipinski definition) is 3. The van der Waals surface area contributed by atoms with Gasteiger partial charge < -0.3 is 9.47 Å². The van der Waals surface area contributed by atoms with E-state index in [9.17, 15) is 0 Å². The molecule has 4 heteroatoms. The summed E-state index contributed by atoms with van der Waals surface area (Å²) in [5.74, 6) is 1.38. The third-order valence-corrected chi connectivity index (χ3v) is 3.45. The molecule has 0 aliphatic rings. The second-order valence-electron chi connectivity index (χ2n) is 4.65. The molecule has 0 saturated heterocycles. The third-order valence-electron chi connectivity index (χ3n) is 3.22. The molecule has 0 bridgehead atoms. The van der Waals surface area contributed by atoms with Crippen LogP contribution in [-0.4, -0.2) is 13.2 Å². The maximum absolute atomic E-state index is 9.02. The minimum atomic E-state index is 0.365. The van der Waals surface area contributed by atoms with Crippen molar-refractivity contribution in [3.8, 4) is 17.6 Å². The second kappa shape index (κ2) is 7.01. The predicted molar refractivity (Wildman–Crippen MR) is 83.1 cm³/mol. The van der Waals surface area contributed by atoms with Gasteiger partial charge in [0.05, 0.1) is 5.56 Å². The van der Waals surface area contributed by atoms with E-state index in [1.807, 2.05) is 32.0 Å². The molecule has 2 rings (SSSR count). The molecule has 0 aliphatic heterocycles. The lowest BCUT2D eigenvalue weighted by Crippen LogP contribution is -2.10. The van der Waals surface area contributed by atoms with E-state index >= 15 is 0 Å². The highest BCUT2D eigenvalue weighted by atomic mass is 35.5. The fraction of sp³-hybridized carbons (Fsp3) is 0.235. The summed E-state index contributed by atoms with van der Waals surface area (Å²) in [4.78, 5) is 0. The molecule has 21 heavy (non-hydrogen) atoms. The first-order valence-electron chi connectivity index (χ1n) is 6.63. The summed E-state index contributed by atoms with van der Waals surface area (Å²) in [6.45, 7) is 4.85. The molecule has 0 amide bonds. The average molecular weight is 302 g/mol. The van der Waals surface area contributed by atoms with Crippen molar-refractivity contribution in [1.82, 2.24) is 0 Å². The summed E-state index contributed by atoms with van der Waals surface area (Å²) in [6.07, 6.45) is 0. The van der Waals surface area contributed by atoms with Crippen molar-refractivity contribution in [2.75, 3.05) is 13.2 Å². The van der Waals surface area contributed by atoms with E-state index in [0.29, 0.717) is 29.5 Å². The van der Waals surface area contributed by atoms with Crippen LogP contribution in [0.2, 0.25) is 5.02 Å². The van der Waals surface area contributed by atoms with Gasteiger partial charge in [-0.25, -0.2) is 0 Å². The largest absolute Gasteiger partial charge is 0.490 e. The highest BCUT2D eigenvalue weighted by Crippen LogP contribution is 2.23. The van der Waals surface area contributed by atoms with Gasteiger partial charge in [0.2, 0.25) is 0 Å². The zero-order chi connectivity index (χ0) is 15.2. The zero-order valence-corrected chi connectivity index (χ0v) is 12.8. The van der Waals surface area contributed by atoms with E-state index in [-0.39, 0.29) is 0 Å². The van der Waals surface area contributed by atoms with Crippen LogP contribution in [0, 0.1) is 25.2 Å². The molecule has 108 valence electrons. The molecule has 0 aliphatic carbocycles. The Morgan fingerprint density at radius 1 is 1.05 bits per heavy atom.